The lowest BCUT2D eigenvalue weighted by Crippen LogP contribution is -2.56. The van der Waals surface area contributed by atoms with E-state index >= 15 is 0 Å². The van der Waals surface area contributed by atoms with Crippen molar-refractivity contribution in [3.05, 3.63) is 48.6 Å². The monoisotopic (exact) mass is 658 g/mol. The molecule has 4 nitrogen and oxygen atoms in total. The molecule has 0 spiro atoms. The normalized spacial score (nSPS) is 45.8. The Morgan fingerprint density at radius 3 is 1.46 bits per heavy atom. The van der Waals surface area contributed by atoms with Crippen molar-refractivity contribution < 1.29 is 19.1 Å². The van der Waals surface area contributed by atoms with E-state index in [0.29, 0.717) is 23.7 Å². The van der Waals surface area contributed by atoms with Gasteiger partial charge in [-0.05, 0) is 132 Å². The molecule has 0 bridgehead atoms. The van der Waals surface area contributed by atoms with Crippen molar-refractivity contribution in [2.45, 2.75) is 162 Å². The lowest BCUT2D eigenvalue weighted by molar-refractivity contribution is -0.189. The van der Waals surface area contributed by atoms with Gasteiger partial charge in [-0.25, -0.2) is 0 Å². The number of fused-ring (bicyclic) bond motifs is 6. The Morgan fingerprint density at radius 2 is 1.08 bits per heavy atom. The fourth-order valence-corrected chi connectivity index (χ4v) is 12.7. The molecule has 0 heterocycles. The van der Waals surface area contributed by atoms with E-state index < -0.39 is 11.2 Å². The lowest BCUT2D eigenvalue weighted by Gasteiger charge is -2.59. The standard InChI is InChI=1S/C44H66O4/c1-10-39(4)24-18-33-31(28-39)14-16-35-41(33,6)20-12-22-43(35,8)47-37(45)26-30(3)27-38(46)48-44(9)23-13-21-42(7)34-19-25-40(5,11-2)29-32(34)15-17-36(42)44/h10-11,28-30,33-36H,1-2,12-27H2,3-9H3. The van der Waals surface area contributed by atoms with Gasteiger partial charge < -0.3 is 9.47 Å². The Labute approximate surface area is 292 Å². The molecule has 4 saturated carbocycles. The number of ether oxygens (including phenoxy) is 2. The predicted octanol–water partition coefficient (Wildman–Crippen LogP) is 11.3. The van der Waals surface area contributed by atoms with Gasteiger partial charge in [-0.2, -0.15) is 0 Å². The van der Waals surface area contributed by atoms with Crippen LogP contribution >= 0.6 is 0 Å². The van der Waals surface area contributed by atoms with Crippen LogP contribution in [0.3, 0.4) is 0 Å². The molecule has 4 heteroatoms. The molecule has 0 aromatic rings. The molecule has 0 aromatic heterocycles. The Kier molecular flexibility index (Phi) is 9.37. The molecule has 0 aliphatic heterocycles. The number of esters is 2. The van der Waals surface area contributed by atoms with Crippen LogP contribution in [-0.4, -0.2) is 23.1 Å². The minimum absolute atomic E-state index is 0.103. The average molecular weight is 659 g/mol. The number of hydrogen-bond acceptors (Lipinski definition) is 4. The highest BCUT2D eigenvalue weighted by molar-refractivity contribution is 5.73. The summed E-state index contributed by atoms with van der Waals surface area (Å²) in [6, 6.07) is 0. The van der Waals surface area contributed by atoms with Gasteiger partial charge in [0.2, 0.25) is 0 Å². The molecule has 0 aromatic carbocycles. The fraction of sp³-hybridized carbons (Fsp3) is 0.773. The third-order valence-corrected chi connectivity index (χ3v) is 15.4. The second kappa shape index (κ2) is 12.6. The van der Waals surface area contributed by atoms with Gasteiger partial charge in [0.25, 0.3) is 0 Å². The van der Waals surface area contributed by atoms with Crippen LogP contribution in [0.4, 0.5) is 0 Å². The molecule has 0 radical (unpaired) electrons. The maximum atomic E-state index is 13.6. The number of carbonyl (C=O) groups is 2. The first-order chi connectivity index (χ1) is 22.5. The highest BCUT2D eigenvalue weighted by Gasteiger charge is 2.59. The second-order valence-corrected chi connectivity index (χ2v) is 19.0. The largest absolute Gasteiger partial charge is 0.459 e. The zero-order valence-corrected chi connectivity index (χ0v) is 31.6. The summed E-state index contributed by atoms with van der Waals surface area (Å²) < 4.78 is 13.0. The fourth-order valence-electron chi connectivity index (χ4n) is 12.7. The van der Waals surface area contributed by atoms with Gasteiger partial charge in [0.05, 0.1) is 0 Å². The Balaban J connectivity index is 1.06. The SMILES string of the molecule is C=CC1(C)C=C2CCC3C(C)(OC(=O)CC(C)CC(=O)OC4(C)CCCC5(C)C6CCC(C)(C=C)C=C6CCC45)CCCC3(C)C2CC1. The molecule has 6 aliphatic carbocycles. The second-order valence-electron chi connectivity index (χ2n) is 19.0. The van der Waals surface area contributed by atoms with E-state index in [1.54, 1.807) is 11.1 Å². The number of allylic oxidation sites excluding steroid dienone is 6. The molecule has 0 saturated heterocycles. The van der Waals surface area contributed by atoms with Crippen molar-refractivity contribution in [1.29, 1.82) is 0 Å². The maximum Gasteiger partial charge on any atom is 0.306 e. The first-order valence-electron chi connectivity index (χ1n) is 19.6. The molecular weight excluding hydrogens is 592 g/mol. The summed E-state index contributed by atoms with van der Waals surface area (Å²) in [5.74, 6) is 1.43. The number of carbonyl (C=O) groups excluding carboxylic acids is 2. The Hall–Kier alpha value is -2.10. The van der Waals surface area contributed by atoms with E-state index in [0.717, 1.165) is 64.2 Å². The van der Waals surface area contributed by atoms with Crippen LogP contribution in [0.2, 0.25) is 0 Å². The predicted molar refractivity (Wildman–Crippen MR) is 195 cm³/mol. The molecule has 0 N–H and O–H groups in total. The first-order valence-corrected chi connectivity index (χ1v) is 19.6. The van der Waals surface area contributed by atoms with E-state index in [4.69, 9.17) is 9.47 Å². The van der Waals surface area contributed by atoms with E-state index in [2.05, 4.69) is 79.0 Å². The lowest BCUT2D eigenvalue weighted by atomic mass is 9.48. The molecular formula is C44H66O4. The van der Waals surface area contributed by atoms with Crippen molar-refractivity contribution in [1.82, 2.24) is 0 Å². The number of hydrogen-bond donors (Lipinski definition) is 0. The maximum absolute atomic E-state index is 13.6. The summed E-state index contributed by atoms with van der Waals surface area (Å²) in [6.45, 7) is 24.2. The summed E-state index contributed by atoms with van der Waals surface area (Å²) >= 11 is 0. The van der Waals surface area contributed by atoms with Crippen LogP contribution in [0, 0.1) is 51.2 Å². The van der Waals surface area contributed by atoms with Crippen LogP contribution in [0.1, 0.15) is 151 Å². The van der Waals surface area contributed by atoms with Gasteiger partial charge in [-0.15, -0.1) is 13.2 Å². The summed E-state index contributed by atoms with van der Waals surface area (Å²) in [5, 5.41) is 0. The molecule has 4 fully saturated rings. The third kappa shape index (κ3) is 6.23. The Morgan fingerprint density at radius 1 is 0.688 bits per heavy atom. The molecule has 266 valence electrons. The summed E-state index contributed by atoms with van der Waals surface area (Å²) in [6.07, 6.45) is 25.2. The molecule has 6 aliphatic rings. The summed E-state index contributed by atoms with van der Waals surface area (Å²) in [7, 11) is 0. The van der Waals surface area contributed by atoms with Gasteiger partial charge in [0.1, 0.15) is 11.2 Å². The van der Waals surface area contributed by atoms with Crippen LogP contribution in [-0.2, 0) is 19.1 Å². The zero-order chi connectivity index (χ0) is 34.8. The smallest absolute Gasteiger partial charge is 0.306 e. The summed E-state index contributed by atoms with van der Waals surface area (Å²) in [4.78, 5) is 27.1. The van der Waals surface area contributed by atoms with E-state index in [-0.39, 0.29) is 52.4 Å². The minimum atomic E-state index is -0.453. The summed E-state index contributed by atoms with van der Waals surface area (Å²) in [5.41, 5.74) is 2.82. The van der Waals surface area contributed by atoms with E-state index in [1.165, 1.54) is 25.7 Å². The topological polar surface area (TPSA) is 52.6 Å². The van der Waals surface area contributed by atoms with Gasteiger partial charge in [0.15, 0.2) is 0 Å². The van der Waals surface area contributed by atoms with Crippen molar-refractivity contribution in [2.24, 2.45) is 51.2 Å². The third-order valence-electron chi connectivity index (χ3n) is 15.4. The highest BCUT2D eigenvalue weighted by Crippen LogP contribution is 2.64. The Bertz CT molecular complexity index is 1270. The molecule has 0 amide bonds. The van der Waals surface area contributed by atoms with E-state index in [1.807, 2.05) is 6.92 Å². The average Bonchev–Trinajstić information content (AvgIpc) is 3.00. The number of rotatable bonds is 8. The van der Waals surface area contributed by atoms with Crippen molar-refractivity contribution in [3.63, 3.8) is 0 Å². The van der Waals surface area contributed by atoms with Gasteiger partial charge in [-0.1, -0.05) is 70.1 Å². The van der Waals surface area contributed by atoms with Crippen LogP contribution in [0.15, 0.2) is 48.6 Å². The first kappa shape index (κ1) is 35.7. The van der Waals surface area contributed by atoms with Gasteiger partial charge in [-0.3, -0.25) is 9.59 Å². The van der Waals surface area contributed by atoms with E-state index in [9.17, 15) is 9.59 Å². The highest BCUT2D eigenvalue weighted by atomic mass is 16.6. The van der Waals surface area contributed by atoms with Gasteiger partial charge >= 0.3 is 11.9 Å². The molecule has 10 atom stereocenters. The van der Waals surface area contributed by atoms with Crippen molar-refractivity contribution in [3.8, 4) is 0 Å². The van der Waals surface area contributed by atoms with Crippen molar-refractivity contribution in [2.75, 3.05) is 0 Å². The minimum Gasteiger partial charge on any atom is -0.459 e. The quantitative estimate of drug-likeness (QED) is 0.192. The van der Waals surface area contributed by atoms with Gasteiger partial charge in [0, 0.05) is 35.5 Å². The van der Waals surface area contributed by atoms with Crippen LogP contribution in [0.5, 0.6) is 0 Å². The van der Waals surface area contributed by atoms with Crippen LogP contribution in [0.25, 0.3) is 0 Å². The molecule has 10 unspecified atom stereocenters. The van der Waals surface area contributed by atoms with Crippen molar-refractivity contribution >= 4 is 11.9 Å². The zero-order valence-electron chi connectivity index (χ0n) is 31.6. The van der Waals surface area contributed by atoms with Crippen LogP contribution < -0.4 is 0 Å². The molecule has 6 rings (SSSR count). The molecule has 48 heavy (non-hydrogen) atoms.